The van der Waals surface area contributed by atoms with Crippen LogP contribution in [-0.2, 0) is 9.53 Å². The Labute approximate surface area is 127 Å². The first-order chi connectivity index (χ1) is 10.2. The van der Waals surface area contributed by atoms with Crippen molar-refractivity contribution >= 4 is 5.91 Å². The minimum Gasteiger partial charge on any atom is -0.394 e. The highest BCUT2D eigenvalue weighted by Gasteiger charge is 2.24. The van der Waals surface area contributed by atoms with Crippen LogP contribution in [0.3, 0.4) is 0 Å². The third-order valence-corrected chi connectivity index (χ3v) is 4.90. The summed E-state index contributed by atoms with van der Waals surface area (Å²) in [6.07, 6.45) is 8.31. The van der Waals surface area contributed by atoms with Gasteiger partial charge < -0.3 is 20.5 Å². The first-order valence-electron chi connectivity index (χ1n) is 8.45. The summed E-state index contributed by atoms with van der Waals surface area (Å²) >= 11 is 0. The molecule has 3 N–H and O–H groups in total. The van der Waals surface area contributed by atoms with E-state index >= 15 is 0 Å². The van der Waals surface area contributed by atoms with Crippen LogP contribution in [0.5, 0.6) is 0 Å². The monoisotopic (exact) mass is 298 g/mol. The van der Waals surface area contributed by atoms with Crippen molar-refractivity contribution in [1.29, 1.82) is 0 Å². The van der Waals surface area contributed by atoms with Crippen LogP contribution in [0.1, 0.15) is 51.4 Å². The number of aliphatic hydroxyl groups excluding tert-OH is 1. The largest absolute Gasteiger partial charge is 0.394 e. The van der Waals surface area contributed by atoms with Crippen LogP contribution in [0.15, 0.2) is 0 Å². The number of ether oxygens (including phenoxy) is 1. The maximum atomic E-state index is 12.2. The second-order valence-corrected chi connectivity index (χ2v) is 6.49. The summed E-state index contributed by atoms with van der Waals surface area (Å²) in [5.74, 6) is 0.990. The molecule has 21 heavy (non-hydrogen) atoms. The normalized spacial score (nSPS) is 27.8. The van der Waals surface area contributed by atoms with E-state index in [9.17, 15) is 4.79 Å². The van der Waals surface area contributed by atoms with Gasteiger partial charge in [-0.25, -0.2) is 0 Å². The molecule has 1 aliphatic heterocycles. The molecule has 0 atom stereocenters. The van der Waals surface area contributed by atoms with E-state index in [1.54, 1.807) is 0 Å². The van der Waals surface area contributed by atoms with Gasteiger partial charge in [0.1, 0.15) is 0 Å². The zero-order chi connectivity index (χ0) is 15.1. The average molecular weight is 298 g/mol. The number of amides is 1. The lowest BCUT2D eigenvalue weighted by Crippen LogP contribution is -2.41. The van der Waals surface area contributed by atoms with Crippen LogP contribution in [-0.4, -0.2) is 54.4 Å². The molecule has 2 rings (SSSR count). The van der Waals surface area contributed by atoms with Crippen molar-refractivity contribution in [1.82, 2.24) is 4.90 Å². The van der Waals surface area contributed by atoms with E-state index in [0.29, 0.717) is 30.9 Å². The lowest BCUT2D eigenvalue weighted by atomic mass is 9.83. The van der Waals surface area contributed by atoms with Crippen molar-refractivity contribution in [3.8, 4) is 0 Å². The van der Waals surface area contributed by atoms with Gasteiger partial charge in [-0.3, -0.25) is 4.79 Å². The van der Waals surface area contributed by atoms with Gasteiger partial charge in [0.25, 0.3) is 0 Å². The van der Waals surface area contributed by atoms with Gasteiger partial charge in [0.15, 0.2) is 0 Å². The lowest BCUT2D eigenvalue weighted by molar-refractivity contribution is -0.134. The number of nitrogens with two attached hydrogens (primary N) is 1. The Morgan fingerprint density at radius 1 is 1.14 bits per heavy atom. The van der Waals surface area contributed by atoms with Crippen LogP contribution in [0, 0.1) is 5.92 Å². The minimum atomic E-state index is 0.0736. The number of hydrogen-bond acceptors (Lipinski definition) is 4. The number of rotatable bonds is 6. The van der Waals surface area contributed by atoms with E-state index < -0.39 is 0 Å². The molecule has 0 aromatic rings. The number of likely N-dealkylation sites (tertiary alicyclic amines) is 1. The van der Waals surface area contributed by atoms with Crippen LogP contribution in [0.4, 0.5) is 0 Å². The lowest BCUT2D eigenvalue weighted by Gasteiger charge is -2.32. The molecule has 2 fully saturated rings. The number of piperidine rings is 1. The molecule has 0 aromatic carbocycles. The van der Waals surface area contributed by atoms with Crippen LogP contribution < -0.4 is 5.73 Å². The quantitative estimate of drug-likeness (QED) is 0.774. The SMILES string of the molecule is NC1CCC(CCC(=O)N2CCC(OCCO)CC2)CC1. The summed E-state index contributed by atoms with van der Waals surface area (Å²) in [7, 11) is 0. The highest BCUT2D eigenvalue weighted by Crippen LogP contribution is 2.27. The summed E-state index contributed by atoms with van der Waals surface area (Å²) in [6, 6.07) is 0.384. The number of aliphatic hydroxyl groups is 1. The van der Waals surface area contributed by atoms with Gasteiger partial charge in [-0.2, -0.15) is 0 Å². The van der Waals surface area contributed by atoms with Crippen LogP contribution in [0.25, 0.3) is 0 Å². The van der Waals surface area contributed by atoms with Crippen LogP contribution >= 0.6 is 0 Å². The Kier molecular flexibility index (Phi) is 6.93. The summed E-state index contributed by atoms with van der Waals surface area (Å²) < 4.78 is 5.53. The topological polar surface area (TPSA) is 75.8 Å². The molecule has 1 saturated carbocycles. The fourth-order valence-electron chi connectivity index (χ4n) is 3.45. The smallest absolute Gasteiger partial charge is 0.222 e. The molecule has 0 aromatic heterocycles. The van der Waals surface area contributed by atoms with E-state index in [1.165, 1.54) is 12.8 Å². The highest BCUT2D eigenvalue weighted by molar-refractivity contribution is 5.76. The highest BCUT2D eigenvalue weighted by atomic mass is 16.5. The van der Waals surface area contributed by atoms with Crippen LogP contribution in [0.2, 0.25) is 0 Å². The van der Waals surface area contributed by atoms with E-state index in [0.717, 1.165) is 45.2 Å². The Bertz CT molecular complexity index is 309. The van der Waals surface area contributed by atoms with Gasteiger partial charge in [0.2, 0.25) is 5.91 Å². The third kappa shape index (κ3) is 5.57. The zero-order valence-electron chi connectivity index (χ0n) is 13.0. The maximum absolute atomic E-state index is 12.2. The maximum Gasteiger partial charge on any atom is 0.222 e. The minimum absolute atomic E-state index is 0.0736. The Balaban J connectivity index is 1.61. The molecule has 1 aliphatic carbocycles. The molecule has 1 amide bonds. The molecule has 2 aliphatic rings. The predicted octanol–water partition coefficient (Wildman–Crippen LogP) is 1.28. The third-order valence-electron chi connectivity index (χ3n) is 4.90. The molecule has 0 radical (unpaired) electrons. The van der Waals surface area contributed by atoms with Crippen molar-refractivity contribution in [2.75, 3.05) is 26.3 Å². The number of carbonyl (C=O) groups is 1. The van der Waals surface area contributed by atoms with Gasteiger partial charge in [-0.1, -0.05) is 0 Å². The van der Waals surface area contributed by atoms with E-state index in [4.69, 9.17) is 15.6 Å². The van der Waals surface area contributed by atoms with Crippen molar-refractivity contribution in [3.05, 3.63) is 0 Å². The summed E-state index contributed by atoms with van der Waals surface area (Å²) in [4.78, 5) is 14.2. The summed E-state index contributed by atoms with van der Waals surface area (Å²) in [5, 5.41) is 8.75. The number of nitrogens with zero attached hydrogens (tertiary/aromatic N) is 1. The first-order valence-corrected chi connectivity index (χ1v) is 8.45. The molecule has 0 bridgehead atoms. The molecular weight excluding hydrogens is 268 g/mol. The second kappa shape index (κ2) is 8.71. The van der Waals surface area contributed by atoms with E-state index in [1.807, 2.05) is 4.90 Å². The fourth-order valence-corrected chi connectivity index (χ4v) is 3.45. The van der Waals surface area contributed by atoms with Crippen molar-refractivity contribution < 1.29 is 14.6 Å². The van der Waals surface area contributed by atoms with Gasteiger partial charge >= 0.3 is 0 Å². The van der Waals surface area contributed by atoms with Gasteiger partial charge in [-0.15, -0.1) is 0 Å². The Morgan fingerprint density at radius 2 is 1.81 bits per heavy atom. The Hall–Kier alpha value is -0.650. The second-order valence-electron chi connectivity index (χ2n) is 6.49. The summed E-state index contributed by atoms with van der Waals surface area (Å²) in [6.45, 7) is 2.07. The van der Waals surface area contributed by atoms with Crippen molar-refractivity contribution in [2.24, 2.45) is 11.7 Å². The standard InChI is InChI=1S/C16H30N2O3/c17-14-4-1-13(2-5-14)3-6-16(20)18-9-7-15(8-10-18)21-12-11-19/h13-15,19H,1-12,17H2. The van der Waals surface area contributed by atoms with E-state index in [2.05, 4.69) is 0 Å². The van der Waals surface area contributed by atoms with E-state index in [-0.39, 0.29) is 12.7 Å². The Morgan fingerprint density at radius 3 is 2.43 bits per heavy atom. The molecule has 0 unspecified atom stereocenters. The molecule has 1 saturated heterocycles. The van der Waals surface area contributed by atoms with Gasteiger partial charge in [-0.05, 0) is 50.9 Å². The summed E-state index contributed by atoms with van der Waals surface area (Å²) in [5.41, 5.74) is 5.91. The molecule has 122 valence electrons. The number of carbonyl (C=O) groups excluding carboxylic acids is 1. The van der Waals surface area contributed by atoms with Crippen molar-refractivity contribution in [3.63, 3.8) is 0 Å². The van der Waals surface area contributed by atoms with Gasteiger partial charge in [0.05, 0.1) is 19.3 Å². The number of hydrogen-bond donors (Lipinski definition) is 2. The molecule has 5 nitrogen and oxygen atoms in total. The first kappa shape index (κ1) is 16.7. The predicted molar refractivity (Wildman–Crippen MR) is 81.8 cm³/mol. The molecular formula is C16H30N2O3. The fraction of sp³-hybridized carbons (Fsp3) is 0.938. The van der Waals surface area contributed by atoms with Gasteiger partial charge in [0, 0.05) is 25.6 Å². The average Bonchev–Trinajstić information content (AvgIpc) is 2.52. The molecule has 1 heterocycles. The molecule has 5 heteroatoms. The zero-order valence-corrected chi connectivity index (χ0v) is 13.0. The molecule has 0 spiro atoms. The van der Waals surface area contributed by atoms with Crippen molar-refractivity contribution in [2.45, 2.75) is 63.5 Å².